The van der Waals surface area contributed by atoms with Crippen LogP contribution >= 0.6 is 6.89 Å². The van der Waals surface area contributed by atoms with Gasteiger partial charge in [0.25, 0.3) is 0 Å². The molecule has 0 saturated heterocycles. The summed E-state index contributed by atoms with van der Waals surface area (Å²) in [4.78, 5) is 46.8. The smallest absolute Gasteiger partial charge is 0.134 e. The van der Waals surface area contributed by atoms with E-state index in [1.165, 1.54) is 12.2 Å². The van der Waals surface area contributed by atoms with Gasteiger partial charge in [0.2, 0.25) is 0 Å². The second kappa shape index (κ2) is 8.86. The molecular weight excluding hydrogens is 383 g/mol. The lowest BCUT2D eigenvalue weighted by molar-refractivity contribution is 0.562. The van der Waals surface area contributed by atoms with E-state index in [9.17, 15) is 19.2 Å². The van der Waals surface area contributed by atoms with E-state index < -0.39 is 12.5 Å². The summed E-state index contributed by atoms with van der Waals surface area (Å²) >= 11 is 0. The van der Waals surface area contributed by atoms with Gasteiger partial charge in [-0.25, -0.2) is 19.2 Å². The Morgan fingerprint density at radius 3 is 1.97 bits per heavy atom. The van der Waals surface area contributed by atoms with Crippen molar-refractivity contribution >= 4 is 35.7 Å². The van der Waals surface area contributed by atoms with Crippen LogP contribution in [0.2, 0.25) is 0 Å². The third-order valence-corrected chi connectivity index (χ3v) is 7.61. The highest BCUT2D eigenvalue weighted by Crippen LogP contribution is 2.54. The molecule has 0 fully saturated rings. The second-order valence-corrected chi connectivity index (χ2v) is 8.99. The minimum Gasteiger partial charge on any atom is -0.233 e. The number of allylic oxidation sites excluding steroid dienone is 5. The third kappa shape index (κ3) is 3.74. The largest absolute Gasteiger partial charge is 0.233 e. The van der Waals surface area contributed by atoms with Gasteiger partial charge in [-0.1, -0.05) is 66.2 Å². The normalized spacial score (nSPS) is 17.0. The molecule has 2 atom stereocenters. The van der Waals surface area contributed by atoms with E-state index in [4.69, 9.17) is 0 Å². The van der Waals surface area contributed by atoms with Gasteiger partial charge in [0.1, 0.15) is 23.5 Å². The Hall–Kier alpha value is -3.90. The van der Waals surface area contributed by atoms with Crippen LogP contribution in [-0.4, -0.2) is 29.1 Å². The number of hydrogen-bond donors (Lipinski definition) is 0. The Balaban J connectivity index is 2.34. The molecule has 5 heteroatoms. The molecule has 29 heavy (non-hydrogen) atoms. The van der Waals surface area contributed by atoms with E-state index in [0.717, 1.165) is 0 Å². The lowest BCUT2D eigenvalue weighted by Crippen LogP contribution is -2.23. The average molecular weight is 396 g/mol. The molecule has 138 valence electrons. The SMILES string of the molecule is O=C=C1C=CC(P(=C=O)(C#Cc2ccccc2)c2ccccc2)C(=C=O)C1=C=O. The number of hydrogen-bond acceptors (Lipinski definition) is 4. The highest BCUT2D eigenvalue weighted by Gasteiger charge is 2.37. The quantitative estimate of drug-likeness (QED) is 0.445. The van der Waals surface area contributed by atoms with Gasteiger partial charge in [-0.05, 0) is 23.5 Å². The summed E-state index contributed by atoms with van der Waals surface area (Å²) in [6.07, 6.45) is 2.88. The van der Waals surface area contributed by atoms with Crippen LogP contribution in [0.3, 0.4) is 0 Å². The van der Waals surface area contributed by atoms with Gasteiger partial charge in [-0.3, -0.25) is 0 Å². The first-order chi connectivity index (χ1) is 14.2. The molecule has 2 aromatic carbocycles. The Kier molecular flexibility index (Phi) is 6.06. The summed E-state index contributed by atoms with van der Waals surface area (Å²) in [6, 6.07) is 17.9. The Morgan fingerprint density at radius 2 is 1.41 bits per heavy atom. The molecule has 2 aromatic rings. The highest BCUT2D eigenvalue weighted by atomic mass is 31.2. The maximum absolute atomic E-state index is 12.4. The van der Waals surface area contributed by atoms with Crippen molar-refractivity contribution in [2.24, 2.45) is 0 Å². The maximum Gasteiger partial charge on any atom is 0.134 e. The first-order valence-corrected chi connectivity index (χ1v) is 10.4. The van der Waals surface area contributed by atoms with E-state index in [-0.39, 0.29) is 16.7 Å². The predicted octanol–water partition coefficient (Wildman–Crippen LogP) is 2.62. The molecule has 0 radical (unpaired) electrons. The van der Waals surface area contributed by atoms with Gasteiger partial charge in [0.05, 0.1) is 29.3 Å². The average Bonchev–Trinajstić information content (AvgIpc) is 2.80. The third-order valence-electron chi connectivity index (χ3n) is 4.48. The van der Waals surface area contributed by atoms with Crippen LogP contribution in [0.4, 0.5) is 0 Å². The summed E-state index contributed by atoms with van der Waals surface area (Å²) in [5.74, 6) is 7.96. The van der Waals surface area contributed by atoms with E-state index in [1.54, 1.807) is 60.3 Å². The zero-order valence-corrected chi connectivity index (χ0v) is 16.0. The molecule has 0 N–H and O–H groups in total. The lowest BCUT2D eigenvalue weighted by atomic mass is 9.93. The molecule has 0 amide bonds. The molecule has 1 aliphatic rings. The van der Waals surface area contributed by atoms with E-state index in [1.807, 2.05) is 18.2 Å². The minimum atomic E-state index is -3.13. The lowest BCUT2D eigenvalue weighted by Gasteiger charge is -2.27. The van der Waals surface area contributed by atoms with Crippen LogP contribution in [0.5, 0.6) is 0 Å². The number of rotatable bonds is 2. The van der Waals surface area contributed by atoms with Gasteiger partial charge in [0, 0.05) is 5.56 Å². The maximum atomic E-state index is 12.4. The molecule has 0 heterocycles. The van der Waals surface area contributed by atoms with Crippen molar-refractivity contribution in [3.05, 3.63) is 95.1 Å². The van der Waals surface area contributed by atoms with E-state index in [0.29, 0.717) is 10.9 Å². The zero-order valence-electron chi connectivity index (χ0n) is 15.1. The van der Waals surface area contributed by atoms with Gasteiger partial charge in [-0.15, -0.1) is 0 Å². The van der Waals surface area contributed by atoms with Gasteiger partial charge < -0.3 is 0 Å². The van der Waals surface area contributed by atoms with Crippen LogP contribution in [-0.2, 0) is 19.2 Å². The van der Waals surface area contributed by atoms with Crippen molar-refractivity contribution in [3.63, 3.8) is 0 Å². The molecule has 0 aliphatic heterocycles. The number of carbonyl (C=O) groups excluding carboxylic acids is 4. The topological polar surface area (TPSA) is 68.3 Å². The fraction of sp³-hybridized carbons (Fsp3) is 0.0417. The standard InChI is InChI=1S/C24H13O4P/c25-15-20-11-12-24(23(17-27)22(20)16-26)29(18-28,21-9-5-2-6-10-21)14-13-19-7-3-1-4-8-19/h1-12,24H. The van der Waals surface area contributed by atoms with E-state index >= 15 is 0 Å². The molecule has 3 rings (SSSR count). The summed E-state index contributed by atoms with van der Waals surface area (Å²) < 4.78 is 0. The predicted molar refractivity (Wildman–Crippen MR) is 113 cm³/mol. The Morgan fingerprint density at radius 1 is 0.759 bits per heavy atom. The first-order valence-electron chi connectivity index (χ1n) is 8.56. The van der Waals surface area contributed by atoms with E-state index in [2.05, 4.69) is 17.2 Å². The molecule has 4 nitrogen and oxygen atoms in total. The fourth-order valence-electron chi connectivity index (χ4n) is 3.05. The number of benzene rings is 2. The molecule has 0 spiro atoms. The van der Waals surface area contributed by atoms with Crippen LogP contribution in [0.15, 0.2) is 89.5 Å². The van der Waals surface area contributed by atoms with Crippen LogP contribution in [0.25, 0.3) is 0 Å². The van der Waals surface area contributed by atoms with Crippen molar-refractivity contribution in [2.45, 2.75) is 5.66 Å². The zero-order chi connectivity index (χ0) is 20.7. The summed E-state index contributed by atoms with van der Waals surface area (Å²) in [5, 5.41) is 0.601. The Bertz CT molecular complexity index is 1270. The molecule has 0 bridgehead atoms. The first kappa shape index (κ1) is 19.9. The van der Waals surface area contributed by atoms with Crippen LogP contribution in [0.1, 0.15) is 5.56 Å². The molecular formula is C24H13O4P. The van der Waals surface area contributed by atoms with Crippen LogP contribution < -0.4 is 5.30 Å². The van der Waals surface area contributed by atoms with Crippen molar-refractivity contribution in [1.29, 1.82) is 0 Å². The Labute approximate surface area is 167 Å². The van der Waals surface area contributed by atoms with Crippen molar-refractivity contribution in [1.82, 2.24) is 0 Å². The molecule has 2 unspecified atom stereocenters. The fourth-order valence-corrected chi connectivity index (χ4v) is 5.77. The highest BCUT2D eigenvalue weighted by molar-refractivity contribution is 7.86. The van der Waals surface area contributed by atoms with Crippen LogP contribution in [0, 0.1) is 11.6 Å². The molecule has 0 saturated carbocycles. The van der Waals surface area contributed by atoms with Gasteiger partial charge in [-0.2, -0.15) is 0 Å². The van der Waals surface area contributed by atoms with Crippen molar-refractivity contribution in [3.8, 4) is 11.6 Å². The van der Waals surface area contributed by atoms with Crippen molar-refractivity contribution in [2.75, 3.05) is 0 Å². The molecule has 0 aromatic heterocycles. The van der Waals surface area contributed by atoms with Crippen molar-refractivity contribution < 1.29 is 19.2 Å². The van der Waals surface area contributed by atoms with Gasteiger partial charge in [0.15, 0.2) is 0 Å². The summed E-state index contributed by atoms with van der Waals surface area (Å²) in [6.45, 7) is -3.13. The second-order valence-electron chi connectivity index (χ2n) is 6.06. The molecule has 1 aliphatic carbocycles. The monoisotopic (exact) mass is 396 g/mol. The van der Waals surface area contributed by atoms with Gasteiger partial charge >= 0.3 is 0 Å². The summed E-state index contributed by atoms with van der Waals surface area (Å²) in [5.41, 5.74) is 4.49. The summed E-state index contributed by atoms with van der Waals surface area (Å²) in [7, 11) is 0. The minimum absolute atomic E-state index is 0.109.